The summed E-state index contributed by atoms with van der Waals surface area (Å²) in [5, 5.41) is 48.4. The molecule has 1 aliphatic rings. The van der Waals surface area contributed by atoms with Gasteiger partial charge in [-0.15, -0.1) is 0 Å². The molecule has 0 aromatic carbocycles. The topological polar surface area (TPSA) is 154 Å². The summed E-state index contributed by atoms with van der Waals surface area (Å²) in [5.41, 5.74) is -2.60. The summed E-state index contributed by atoms with van der Waals surface area (Å²) in [4.78, 5) is 24.5. The van der Waals surface area contributed by atoms with Gasteiger partial charge < -0.3 is 35.0 Å². The zero-order chi connectivity index (χ0) is 25.4. The normalized spacial score (nSPS) is 19.9. The van der Waals surface area contributed by atoms with Crippen molar-refractivity contribution in [3.05, 3.63) is 11.5 Å². The Morgan fingerprint density at radius 2 is 1.32 bits per heavy atom. The van der Waals surface area contributed by atoms with Gasteiger partial charge in [0.1, 0.15) is 12.2 Å². The van der Waals surface area contributed by atoms with Gasteiger partial charge in [0.25, 0.3) is 5.60 Å². The van der Waals surface area contributed by atoms with Gasteiger partial charge in [0.15, 0.2) is 0 Å². The number of carbonyl (C=O) groups excluding carboxylic acids is 2. The molecule has 34 heavy (non-hydrogen) atoms. The van der Waals surface area contributed by atoms with Crippen LogP contribution in [0.15, 0.2) is 11.5 Å². The number of esters is 1. The van der Waals surface area contributed by atoms with Gasteiger partial charge in [-0.1, -0.05) is 90.4 Å². The smallest absolute Gasteiger partial charge is 0.378 e. The van der Waals surface area contributed by atoms with Crippen LogP contribution < -0.4 is 0 Å². The first-order valence-corrected chi connectivity index (χ1v) is 12.8. The minimum absolute atomic E-state index is 0.0382. The van der Waals surface area contributed by atoms with Crippen molar-refractivity contribution < 1.29 is 44.6 Å². The third kappa shape index (κ3) is 8.83. The molecule has 5 N–H and O–H groups in total. The maximum Gasteiger partial charge on any atom is 0.378 e. The largest absolute Gasteiger partial charge is 0.499 e. The highest BCUT2D eigenvalue weighted by Crippen LogP contribution is 2.38. The Bertz CT molecular complexity index is 634. The lowest BCUT2D eigenvalue weighted by atomic mass is 9.87. The van der Waals surface area contributed by atoms with Crippen LogP contribution in [-0.4, -0.2) is 74.9 Å². The second-order valence-electron chi connectivity index (χ2n) is 9.01. The van der Waals surface area contributed by atoms with E-state index in [-0.39, 0.29) is 6.61 Å². The Hall–Kier alpha value is -1.68. The Morgan fingerprint density at radius 3 is 1.76 bits per heavy atom. The van der Waals surface area contributed by atoms with E-state index in [1.165, 1.54) is 64.2 Å². The van der Waals surface area contributed by atoms with Crippen molar-refractivity contribution in [3.63, 3.8) is 0 Å². The lowest BCUT2D eigenvalue weighted by Gasteiger charge is -2.33. The van der Waals surface area contributed by atoms with Crippen LogP contribution in [0.1, 0.15) is 96.8 Å². The number of aliphatic hydroxyl groups is 5. The van der Waals surface area contributed by atoms with E-state index in [9.17, 15) is 30.0 Å². The van der Waals surface area contributed by atoms with E-state index in [4.69, 9.17) is 14.6 Å². The lowest BCUT2D eigenvalue weighted by Crippen LogP contribution is -2.58. The van der Waals surface area contributed by atoms with Gasteiger partial charge in [0.2, 0.25) is 17.3 Å². The standard InChI is InChI=1S/C25H44O9/c1-2-3-4-5-6-7-8-9-10-11-12-13-14-15-16-33-23-21(30)24(32)34-25(23,20(29)18-27)22(31)19(28)17-26/h19-20,26-30H,2-18H2,1H3/t19?,20-,25-/m0/s1. The number of ketones is 1. The molecule has 0 aromatic rings. The van der Waals surface area contributed by atoms with Crippen LogP contribution in [0.4, 0.5) is 0 Å². The molecule has 0 spiro atoms. The predicted molar refractivity (Wildman–Crippen MR) is 126 cm³/mol. The van der Waals surface area contributed by atoms with E-state index >= 15 is 0 Å². The molecule has 0 bridgehead atoms. The summed E-state index contributed by atoms with van der Waals surface area (Å²) < 4.78 is 10.3. The summed E-state index contributed by atoms with van der Waals surface area (Å²) in [6.45, 7) is 0.266. The van der Waals surface area contributed by atoms with Crippen molar-refractivity contribution in [2.24, 2.45) is 0 Å². The molecule has 0 saturated heterocycles. The summed E-state index contributed by atoms with van der Waals surface area (Å²) >= 11 is 0. The molecule has 0 radical (unpaired) electrons. The van der Waals surface area contributed by atoms with Gasteiger partial charge in [0.05, 0.1) is 19.8 Å². The minimum atomic E-state index is -2.60. The van der Waals surface area contributed by atoms with Gasteiger partial charge in [-0.3, -0.25) is 4.79 Å². The molecule has 1 aliphatic heterocycles. The summed E-state index contributed by atoms with van der Waals surface area (Å²) in [5.74, 6) is -4.26. The molecule has 9 heteroatoms. The molecule has 0 aliphatic carbocycles. The molecule has 198 valence electrons. The van der Waals surface area contributed by atoms with Crippen molar-refractivity contribution in [3.8, 4) is 0 Å². The number of hydrogen-bond donors (Lipinski definition) is 5. The molecule has 9 nitrogen and oxygen atoms in total. The van der Waals surface area contributed by atoms with Crippen molar-refractivity contribution in [1.82, 2.24) is 0 Å². The maximum atomic E-state index is 12.6. The molecule has 0 aromatic heterocycles. The Balaban J connectivity index is 2.35. The fraction of sp³-hybridized carbons (Fsp3) is 0.840. The highest BCUT2D eigenvalue weighted by atomic mass is 16.6. The summed E-state index contributed by atoms with van der Waals surface area (Å²) in [6.07, 6.45) is 12.4. The maximum absolute atomic E-state index is 12.6. The predicted octanol–water partition coefficient (Wildman–Crippen LogP) is 2.83. The zero-order valence-corrected chi connectivity index (χ0v) is 20.5. The second kappa shape index (κ2) is 16.9. The van der Waals surface area contributed by atoms with Gasteiger partial charge >= 0.3 is 5.97 Å². The number of rotatable bonds is 21. The summed E-state index contributed by atoms with van der Waals surface area (Å²) in [6, 6.07) is 0. The number of unbranched alkanes of at least 4 members (excludes halogenated alkanes) is 13. The number of cyclic esters (lactones) is 1. The molecule has 1 rings (SSSR count). The van der Waals surface area contributed by atoms with E-state index in [1.54, 1.807) is 0 Å². The molecule has 3 atom stereocenters. The van der Waals surface area contributed by atoms with Crippen molar-refractivity contribution >= 4 is 11.8 Å². The van der Waals surface area contributed by atoms with Crippen LogP contribution in [0.3, 0.4) is 0 Å². The summed E-state index contributed by atoms with van der Waals surface area (Å²) in [7, 11) is 0. The fourth-order valence-corrected chi connectivity index (χ4v) is 4.16. The van der Waals surface area contributed by atoms with Gasteiger partial charge in [-0.2, -0.15) is 0 Å². The molecule has 0 fully saturated rings. The molecular weight excluding hydrogens is 444 g/mol. The van der Waals surface area contributed by atoms with Crippen LogP contribution in [0.5, 0.6) is 0 Å². The van der Waals surface area contributed by atoms with Gasteiger partial charge in [0, 0.05) is 0 Å². The van der Waals surface area contributed by atoms with Crippen LogP contribution in [0, 0.1) is 0 Å². The first-order valence-electron chi connectivity index (χ1n) is 12.8. The molecule has 1 unspecified atom stereocenters. The third-order valence-electron chi connectivity index (χ3n) is 6.23. The van der Waals surface area contributed by atoms with E-state index < -0.39 is 54.3 Å². The number of aliphatic hydroxyl groups excluding tert-OH is 5. The van der Waals surface area contributed by atoms with Crippen LogP contribution in [0.2, 0.25) is 0 Å². The van der Waals surface area contributed by atoms with Crippen molar-refractivity contribution in [2.75, 3.05) is 19.8 Å². The molecule has 0 saturated carbocycles. The highest BCUT2D eigenvalue weighted by Gasteiger charge is 2.61. The van der Waals surface area contributed by atoms with Crippen molar-refractivity contribution in [1.29, 1.82) is 0 Å². The molecule has 1 heterocycles. The van der Waals surface area contributed by atoms with E-state index in [0.29, 0.717) is 6.42 Å². The first-order chi connectivity index (χ1) is 16.4. The Kier molecular flexibility index (Phi) is 15.1. The number of Topliss-reactive ketones (excluding diaryl/α,β-unsaturated/α-hetero) is 1. The molecule has 0 amide bonds. The minimum Gasteiger partial charge on any atom is -0.499 e. The van der Waals surface area contributed by atoms with Gasteiger partial charge in [-0.25, -0.2) is 4.79 Å². The molecular formula is C25H44O9. The van der Waals surface area contributed by atoms with Crippen LogP contribution >= 0.6 is 0 Å². The van der Waals surface area contributed by atoms with Crippen LogP contribution in [0.25, 0.3) is 0 Å². The monoisotopic (exact) mass is 488 g/mol. The number of carbonyl (C=O) groups is 2. The van der Waals surface area contributed by atoms with E-state index in [1.807, 2.05) is 0 Å². The van der Waals surface area contributed by atoms with E-state index in [0.717, 1.165) is 19.3 Å². The van der Waals surface area contributed by atoms with Crippen molar-refractivity contribution in [2.45, 2.75) is 115 Å². The first kappa shape index (κ1) is 30.4. The Labute approximate surface area is 202 Å². The SMILES string of the molecule is CCCCCCCCCCCCCCCCOC1=C(O)C(=O)O[C@]1(C(=O)C(O)CO)[C@@H](O)CO. The average molecular weight is 489 g/mol. The lowest BCUT2D eigenvalue weighted by molar-refractivity contribution is -0.179. The highest BCUT2D eigenvalue weighted by molar-refractivity contribution is 6.03. The second-order valence-corrected chi connectivity index (χ2v) is 9.01. The Morgan fingerprint density at radius 1 is 0.853 bits per heavy atom. The quantitative estimate of drug-likeness (QED) is 0.121. The van der Waals surface area contributed by atoms with Crippen LogP contribution in [-0.2, 0) is 19.1 Å². The third-order valence-corrected chi connectivity index (χ3v) is 6.23. The van der Waals surface area contributed by atoms with Gasteiger partial charge in [-0.05, 0) is 6.42 Å². The number of hydrogen-bond acceptors (Lipinski definition) is 9. The fourth-order valence-electron chi connectivity index (χ4n) is 4.16. The average Bonchev–Trinajstić information content (AvgIpc) is 3.10. The zero-order valence-electron chi connectivity index (χ0n) is 20.5. The number of ether oxygens (including phenoxy) is 2. The van der Waals surface area contributed by atoms with E-state index in [2.05, 4.69) is 6.92 Å².